The molecule has 14 nitrogen and oxygen atoms in total. The zero-order chi connectivity index (χ0) is 40.5. The van der Waals surface area contributed by atoms with Crippen molar-refractivity contribution in [2.45, 2.75) is 89.8 Å². The van der Waals surface area contributed by atoms with Gasteiger partial charge in [0, 0.05) is 35.6 Å². The molecule has 0 aliphatic heterocycles. The molecule has 2 aromatic heterocycles. The lowest BCUT2D eigenvalue weighted by Crippen LogP contribution is -2.61. The molecule has 16 heteroatoms. The van der Waals surface area contributed by atoms with Crippen LogP contribution in [0, 0.1) is 11.8 Å². The van der Waals surface area contributed by atoms with Gasteiger partial charge in [0.1, 0.15) is 24.3 Å². The largest absolute Gasteiger partial charge is 0.388 e. The maximum absolute atomic E-state index is 13.9. The van der Waals surface area contributed by atoms with Gasteiger partial charge in [0.15, 0.2) is 0 Å². The molecule has 4 aromatic rings. The van der Waals surface area contributed by atoms with E-state index in [1.807, 2.05) is 60.7 Å². The lowest BCUT2D eigenvalue weighted by atomic mass is 9.90. The number of nitrogens with zero attached hydrogens (tertiary/aromatic N) is 4. The second kappa shape index (κ2) is 22.4. The first-order valence-corrected chi connectivity index (χ1v) is 20.1. The van der Waals surface area contributed by atoms with Crippen molar-refractivity contribution in [3.8, 4) is 0 Å². The number of aromatic nitrogens is 2. The molecule has 0 aliphatic carbocycles. The average molecular weight is 803 g/mol. The Kier molecular flexibility index (Phi) is 17.4. The van der Waals surface area contributed by atoms with Gasteiger partial charge in [-0.1, -0.05) is 88.4 Å². The normalized spacial score (nSPS) is 14.9. The zero-order valence-electron chi connectivity index (χ0n) is 31.8. The van der Waals surface area contributed by atoms with Crippen LogP contribution in [-0.4, -0.2) is 92.6 Å². The van der Waals surface area contributed by atoms with Crippen molar-refractivity contribution in [1.82, 2.24) is 31.2 Å². The van der Waals surface area contributed by atoms with E-state index in [0.717, 1.165) is 11.1 Å². The maximum atomic E-state index is 13.9. The number of aliphatic hydroxyl groups is 2. The van der Waals surface area contributed by atoms with E-state index in [-0.39, 0.29) is 37.5 Å². The van der Waals surface area contributed by atoms with Crippen molar-refractivity contribution in [3.63, 3.8) is 0 Å². The number of carbonyl (C=O) groups is 4. The number of hydrogen-bond acceptors (Lipinski definition) is 12. The highest BCUT2D eigenvalue weighted by Gasteiger charge is 2.37. The number of thiazole rings is 2. The summed E-state index contributed by atoms with van der Waals surface area (Å²) >= 11 is 2.66. The van der Waals surface area contributed by atoms with Crippen LogP contribution in [0.5, 0.6) is 0 Å². The Labute approximate surface area is 335 Å². The van der Waals surface area contributed by atoms with E-state index in [1.54, 1.807) is 50.8 Å². The molecule has 0 spiro atoms. The Hall–Kier alpha value is -5.16. The minimum Gasteiger partial charge on any atom is -0.388 e. The lowest BCUT2D eigenvalue weighted by molar-refractivity contribution is -0.132. The molecule has 56 heavy (non-hydrogen) atoms. The van der Waals surface area contributed by atoms with E-state index in [2.05, 4.69) is 41.2 Å². The second-order valence-corrected chi connectivity index (χ2v) is 15.6. The second-order valence-electron chi connectivity index (χ2n) is 13.8. The number of rotatable bonds is 21. The molecule has 2 heterocycles. The van der Waals surface area contributed by atoms with Crippen LogP contribution in [0.15, 0.2) is 93.8 Å². The monoisotopic (exact) mass is 802 g/mol. The molecular formula is C40H50N8O6S2. The highest BCUT2D eigenvalue weighted by atomic mass is 32.1. The zero-order valence-corrected chi connectivity index (χ0v) is 33.5. The van der Waals surface area contributed by atoms with Crippen molar-refractivity contribution >= 4 is 69.0 Å². The molecule has 2 aromatic carbocycles. The number of hydrogen-bond donors (Lipinski definition) is 6. The minimum absolute atomic E-state index is 0.0796. The molecule has 6 atom stereocenters. The molecule has 0 bridgehead atoms. The molecule has 0 aliphatic rings. The Balaban J connectivity index is 1.53. The van der Waals surface area contributed by atoms with Gasteiger partial charge in [-0.05, 0) is 35.8 Å². The summed E-state index contributed by atoms with van der Waals surface area (Å²) in [5, 5.41) is 39.7. The third-order valence-electron chi connectivity index (χ3n) is 8.75. The molecule has 0 unspecified atom stereocenters. The van der Waals surface area contributed by atoms with Gasteiger partial charge in [-0.15, -0.1) is 22.7 Å². The van der Waals surface area contributed by atoms with Crippen LogP contribution < -0.4 is 21.3 Å². The quantitative estimate of drug-likeness (QED) is 0.0679. The molecule has 6 N–H and O–H groups in total. The van der Waals surface area contributed by atoms with E-state index < -0.39 is 60.0 Å². The fourth-order valence-corrected chi connectivity index (χ4v) is 6.78. The van der Waals surface area contributed by atoms with Crippen LogP contribution in [0.1, 0.15) is 51.7 Å². The fraction of sp³-hybridized carbons (Fsp3) is 0.400. The van der Waals surface area contributed by atoms with E-state index in [0.29, 0.717) is 10.3 Å². The molecule has 0 saturated heterocycles. The Morgan fingerprint density at radius 1 is 0.625 bits per heavy atom. The predicted molar refractivity (Wildman–Crippen MR) is 219 cm³/mol. The summed E-state index contributed by atoms with van der Waals surface area (Å²) in [5.74, 6) is -2.63. The average Bonchev–Trinajstić information content (AvgIpc) is 3.91. The van der Waals surface area contributed by atoms with Crippen LogP contribution in [0.4, 0.5) is 10.3 Å². The van der Waals surface area contributed by atoms with Gasteiger partial charge < -0.3 is 31.5 Å². The van der Waals surface area contributed by atoms with Crippen molar-refractivity contribution in [2.75, 3.05) is 0 Å². The number of amides is 4. The van der Waals surface area contributed by atoms with Crippen molar-refractivity contribution in [3.05, 3.63) is 94.9 Å². The Morgan fingerprint density at radius 2 is 1.00 bits per heavy atom. The predicted octanol–water partition coefficient (Wildman–Crippen LogP) is 3.94. The van der Waals surface area contributed by atoms with E-state index >= 15 is 0 Å². The van der Waals surface area contributed by atoms with Crippen LogP contribution >= 0.6 is 22.7 Å². The SMILES string of the molecule is CC(C)[C@H](NC(=O)CC=Nc1nccs1)C(=O)N[C@@H](Cc1ccccc1)[C@@H](O)[C@H](O)[C@H](Cc1ccccc1)NC(=O)[C@@H](NC(=O)CC=Nc1nccs1)C(C)C. The van der Waals surface area contributed by atoms with Gasteiger partial charge in [0.25, 0.3) is 0 Å². The molecule has 298 valence electrons. The third-order valence-corrected chi connectivity index (χ3v) is 10.1. The molecule has 4 rings (SSSR count). The summed E-state index contributed by atoms with van der Waals surface area (Å²) in [5.41, 5.74) is 1.55. The summed E-state index contributed by atoms with van der Waals surface area (Å²) in [6.07, 6.45) is 3.00. The van der Waals surface area contributed by atoms with Gasteiger partial charge in [-0.3, -0.25) is 19.2 Å². The van der Waals surface area contributed by atoms with Gasteiger partial charge in [0.2, 0.25) is 33.9 Å². The van der Waals surface area contributed by atoms with Gasteiger partial charge in [-0.25, -0.2) is 20.0 Å². The Morgan fingerprint density at radius 3 is 1.32 bits per heavy atom. The van der Waals surface area contributed by atoms with Crippen LogP contribution in [0.3, 0.4) is 0 Å². The number of benzene rings is 2. The number of aliphatic hydroxyl groups excluding tert-OH is 2. The maximum Gasteiger partial charge on any atom is 0.243 e. The van der Waals surface area contributed by atoms with Crippen molar-refractivity contribution in [1.29, 1.82) is 0 Å². The summed E-state index contributed by atoms with van der Waals surface area (Å²) in [6.45, 7) is 7.15. The summed E-state index contributed by atoms with van der Waals surface area (Å²) in [6, 6.07) is 14.3. The van der Waals surface area contributed by atoms with Gasteiger partial charge >= 0.3 is 0 Å². The first-order valence-electron chi connectivity index (χ1n) is 18.4. The molecule has 0 radical (unpaired) electrons. The number of carbonyl (C=O) groups excluding carboxylic acids is 4. The van der Waals surface area contributed by atoms with Crippen LogP contribution in [-0.2, 0) is 32.0 Å². The minimum atomic E-state index is -1.59. The highest BCUT2D eigenvalue weighted by Crippen LogP contribution is 2.18. The summed E-state index contributed by atoms with van der Waals surface area (Å²) < 4.78 is 0. The highest BCUT2D eigenvalue weighted by molar-refractivity contribution is 7.13. The lowest BCUT2D eigenvalue weighted by Gasteiger charge is -2.35. The van der Waals surface area contributed by atoms with E-state index in [9.17, 15) is 29.4 Å². The van der Waals surface area contributed by atoms with Crippen LogP contribution in [0.2, 0.25) is 0 Å². The van der Waals surface area contributed by atoms with Crippen molar-refractivity contribution < 1.29 is 29.4 Å². The molecule has 0 saturated carbocycles. The van der Waals surface area contributed by atoms with Gasteiger partial charge in [0.05, 0.1) is 24.9 Å². The smallest absolute Gasteiger partial charge is 0.243 e. The molecule has 4 amide bonds. The number of nitrogens with one attached hydrogen (secondary N) is 4. The fourth-order valence-electron chi connectivity index (χ4n) is 5.78. The third kappa shape index (κ3) is 14.2. The van der Waals surface area contributed by atoms with Crippen LogP contribution in [0.25, 0.3) is 0 Å². The number of aliphatic imine (C=N–C) groups is 2. The van der Waals surface area contributed by atoms with Gasteiger partial charge in [-0.2, -0.15) is 0 Å². The summed E-state index contributed by atoms with van der Waals surface area (Å²) in [7, 11) is 0. The summed E-state index contributed by atoms with van der Waals surface area (Å²) in [4.78, 5) is 70.0. The van der Waals surface area contributed by atoms with E-state index in [4.69, 9.17) is 0 Å². The Bertz CT molecular complexity index is 1720. The van der Waals surface area contributed by atoms with E-state index in [1.165, 1.54) is 35.1 Å². The first kappa shape index (κ1) is 43.6. The standard InChI is InChI=1S/C40H50N8O6S2/c1-25(2)33(47-31(49)15-17-41-39-43-19-21-55-39)37(53)45-29(23-27-11-7-5-8-12-27)35(51)36(52)30(24-28-13-9-6-10-14-28)46-38(54)34(26(3)4)48-32(50)16-18-42-40-44-20-22-56-40/h5-14,17-22,25-26,29-30,33-36,51-52H,15-16,23-24H2,1-4H3,(H,45,53)(H,46,54)(H,47,49)(H,48,50)/t29-,30-,33-,34-,35+,36+/m0/s1. The molecule has 0 fully saturated rings. The topological polar surface area (TPSA) is 207 Å². The molecular weight excluding hydrogens is 753 g/mol. The first-order chi connectivity index (χ1) is 26.9. The van der Waals surface area contributed by atoms with Crippen molar-refractivity contribution in [2.24, 2.45) is 21.8 Å².